The van der Waals surface area contributed by atoms with Crippen LogP contribution in [-0.2, 0) is 29.2 Å². The van der Waals surface area contributed by atoms with Crippen molar-refractivity contribution in [2.45, 2.75) is 47.1 Å². The number of hydrogen-bond donors (Lipinski definition) is 6. The number of phenols is 1. The highest BCUT2D eigenvalue weighted by molar-refractivity contribution is 8.77. The third kappa shape index (κ3) is 8.80. The number of carbonyl (C=O) groups is 1. The van der Waals surface area contributed by atoms with Gasteiger partial charge in [0.25, 0.3) is 20.2 Å². The summed E-state index contributed by atoms with van der Waals surface area (Å²) in [5.41, 5.74) is 17.2. The molecule has 1 amide bonds. The van der Waals surface area contributed by atoms with Crippen LogP contribution < -0.4 is 22.5 Å². The van der Waals surface area contributed by atoms with E-state index in [0.29, 0.717) is 11.7 Å². The van der Waals surface area contributed by atoms with Crippen molar-refractivity contribution in [3.05, 3.63) is 42.5 Å². The van der Waals surface area contributed by atoms with Crippen molar-refractivity contribution in [2.75, 3.05) is 35.4 Å². The molecule has 1 heterocycles. The highest BCUT2D eigenvalue weighted by Crippen LogP contribution is 2.42. The normalized spacial score (nSPS) is 15.3. The van der Waals surface area contributed by atoms with Gasteiger partial charge in [0, 0.05) is 34.2 Å². The molecule has 1 fully saturated rings. The summed E-state index contributed by atoms with van der Waals surface area (Å²) in [6, 6.07) is 10.2. The monoisotopic (exact) mass is 644 g/mol. The minimum Gasteiger partial charge on any atom is -0.505 e. The minimum absolute atomic E-state index is 0.0670. The Morgan fingerprint density at radius 2 is 1.68 bits per heavy atom. The van der Waals surface area contributed by atoms with Gasteiger partial charge in [0.05, 0.1) is 23.4 Å². The molecule has 16 heteroatoms. The second-order valence-electron chi connectivity index (χ2n) is 9.09. The maximum Gasteiger partial charge on any atom is 0.296 e. The van der Waals surface area contributed by atoms with Crippen LogP contribution in [-0.4, -0.2) is 50.5 Å². The zero-order valence-corrected chi connectivity index (χ0v) is 25.3. The lowest BCUT2D eigenvalue weighted by atomic mass is 10.1. The first kappa shape index (κ1) is 32.6. The molecular weight excluding hydrogens is 613 g/mol. The predicted molar refractivity (Wildman–Crippen MR) is 165 cm³/mol. The van der Waals surface area contributed by atoms with E-state index in [0.717, 1.165) is 61.7 Å². The number of nitrogen functional groups attached to an aromatic ring is 3. The maximum atomic E-state index is 12.6. The summed E-state index contributed by atoms with van der Waals surface area (Å²) in [6.45, 7) is 0. The Morgan fingerprint density at radius 3 is 2.22 bits per heavy atom. The fraction of sp³-hybridized carbons (Fsp3) is 0.320. The summed E-state index contributed by atoms with van der Waals surface area (Å²) in [7, 11) is -4.38. The second kappa shape index (κ2) is 13.8. The molecule has 9 N–H and O–H groups in total. The molecule has 3 aromatic carbocycles. The Balaban J connectivity index is 0.000000496. The molecule has 3 aromatic rings. The van der Waals surface area contributed by atoms with Gasteiger partial charge < -0.3 is 27.6 Å². The van der Waals surface area contributed by atoms with Gasteiger partial charge in [-0.2, -0.15) is 16.8 Å². The van der Waals surface area contributed by atoms with Crippen molar-refractivity contribution in [1.29, 1.82) is 0 Å². The molecule has 0 aliphatic carbocycles. The van der Waals surface area contributed by atoms with Crippen LogP contribution in [0.1, 0.15) is 32.1 Å². The summed E-state index contributed by atoms with van der Waals surface area (Å²) in [5, 5.41) is 13.6. The molecular formula is C25H32N4O8S4. The predicted octanol–water partition coefficient (Wildman–Crippen LogP) is 4.21. The van der Waals surface area contributed by atoms with Crippen LogP contribution in [0.25, 0.3) is 10.8 Å². The van der Waals surface area contributed by atoms with E-state index in [1.807, 2.05) is 21.6 Å². The Morgan fingerprint density at radius 1 is 1.05 bits per heavy atom. The van der Waals surface area contributed by atoms with Gasteiger partial charge in [-0.25, -0.2) is 0 Å². The summed E-state index contributed by atoms with van der Waals surface area (Å²) in [4.78, 5) is 11.4. The second-order valence-corrected chi connectivity index (χ2v) is 15.0. The first-order valence-electron chi connectivity index (χ1n) is 12.3. The molecule has 41 heavy (non-hydrogen) atoms. The van der Waals surface area contributed by atoms with Gasteiger partial charge in [-0.15, -0.1) is 0 Å². The third-order valence-electron chi connectivity index (χ3n) is 6.09. The Kier molecular flexibility index (Phi) is 11.0. The summed E-state index contributed by atoms with van der Waals surface area (Å²) in [6.07, 6.45) is 3.82. The number of aromatic hydroxyl groups is 1. The van der Waals surface area contributed by atoms with E-state index in [-0.39, 0.29) is 27.8 Å². The van der Waals surface area contributed by atoms with Crippen LogP contribution >= 0.6 is 21.6 Å². The number of rotatable bonds is 9. The lowest BCUT2D eigenvalue weighted by molar-refractivity contribution is -0.116. The first-order valence-corrected chi connectivity index (χ1v) is 17.5. The van der Waals surface area contributed by atoms with Gasteiger partial charge in [-0.1, -0.05) is 28.0 Å². The van der Waals surface area contributed by atoms with E-state index in [9.17, 15) is 31.3 Å². The average molecular weight is 645 g/mol. The van der Waals surface area contributed by atoms with E-state index in [1.165, 1.54) is 0 Å². The molecule has 1 aliphatic rings. The van der Waals surface area contributed by atoms with Gasteiger partial charge in [0.2, 0.25) is 5.91 Å². The zero-order chi connectivity index (χ0) is 30.4. The number of anilines is 4. The SMILES string of the molecule is COS(=O)(=O)c1cc(NC(=O)CCCCC2CCSS2)c2c(O)c(N)c(S(=O)(=O)O)cc2c1.Nc1ccc(N)cc1. The van der Waals surface area contributed by atoms with Crippen molar-refractivity contribution in [1.82, 2.24) is 0 Å². The zero-order valence-electron chi connectivity index (χ0n) is 22.1. The number of benzene rings is 3. The van der Waals surface area contributed by atoms with Gasteiger partial charge >= 0.3 is 0 Å². The molecule has 1 atom stereocenters. The van der Waals surface area contributed by atoms with Crippen LogP contribution in [0.4, 0.5) is 22.7 Å². The van der Waals surface area contributed by atoms with Crippen molar-refractivity contribution >= 4 is 81.3 Å². The fourth-order valence-electron chi connectivity index (χ4n) is 3.97. The van der Waals surface area contributed by atoms with E-state index < -0.39 is 42.5 Å². The fourth-order valence-corrected chi connectivity index (χ4v) is 8.37. The summed E-state index contributed by atoms with van der Waals surface area (Å²) >= 11 is 0. The smallest absolute Gasteiger partial charge is 0.296 e. The van der Waals surface area contributed by atoms with Gasteiger partial charge in [0.15, 0.2) is 0 Å². The molecule has 1 aliphatic heterocycles. The lowest BCUT2D eigenvalue weighted by Gasteiger charge is -2.15. The molecule has 4 rings (SSSR count). The molecule has 224 valence electrons. The van der Waals surface area contributed by atoms with Gasteiger partial charge in [-0.3, -0.25) is 13.5 Å². The highest BCUT2D eigenvalue weighted by atomic mass is 33.1. The summed E-state index contributed by atoms with van der Waals surface area (Å²) in [5.74, 6) is 0.0105. The van der Waals surface area contributed by atoms with Crippen LogP contribution in [0.3, 0.4) is 0 Å². The molecule has 1 saturated heterocycles. The number of hydrogen-bond acceptors (Lipinski definition) is 12. The van der Waals surface area contributed by atoms with Crippen molar-refractivity contribution in [2.24, 2.45) is 0 Å². The number of nitrogens with two attached hydrogens (primary N) is 3. The molecule has 0 radical (unpaired) electrons. The van der Waals surface area contributed by atoms with E-state index in [2.05, 4.69) is 9.50 Å². The average Bonchev–Trinajstić information content (AvgIpc) is 3.43. The van der Waals surface area contributed by atoms with Crippen LogP contribution in [0, 0.1) is 0 Å². The number of nitrogens with one attached hydrogen (secondary N) is 1. The Hall–Kier alpha value is -2.89. The topological polar surface area (TPSA) is 225 Å². The van der Waals surface area contributed by atoms with Crippen molar-refractivity contribution in [3.63, 3.8) is 0 Å². The quantitative estimate of drug-likeness (QED) is 0.0480. The van der Waals surface area contributed by atoms with Crippen LogP contribution in [0.5, 0.6) is 5.75 Å². The largest absolute Gasteiger partial charge is 0.505 e. The van der Waals surface area contributed by atoms with E-state index in [4.69, 9.17) is 17.2 Å². The number of fused-ring (bicyclic) bond motifs is 1. The van der Waals surface area contributed by atoms with E-state index in [1.54, 1.807) is 24.3 Å². The lowest BCUT2D eigenvalue weighted by Crippen LogP contribution is -2.13. The van der Waals surface area contributed by atoms with Crippen molar-refractivity contribution in [3.8, 4) is 5.75 Å². The number of unbranched alkanes of at least 4 members (excludes halogenated alkanes) is 1. The minimum atomic E-state index is -4.82. The van der Waals surface area contributed by atoms with Crippen LogP contribution in [0.2, 0.25) is 0 Å². The highest BCUT2D eigenvalue weighted by Gasteiger charge is 2.25. The van der Waals surface area contributed by atoms with Gasteiger partial charge in [0.1, 0.15) is 10.6 Å². The Bertz CT molecular complexity index is 1590. The van der Waals surface area contributed by atoms with Crippen LogP contribution in [0.15, 0.2) is 52.3 Å². The standard InChI is InChI=1S/C19H24N2O8S4.C6H8N2/c1-29-33(27,28)13-8-11-9-15(32(24,25)26)18(20)19(23)17(11)14(10-13)21-16(22)5-3-2-4-12-6-7-30-31-12;7-5-1-2-6(8)4-3-5/h8-10,12,23H,2-7,20H2,1H3,(H,21,22)(H,24,25,26);1-4H,7-8H2. The number of amides is 1. The molecule has 12 nitrogen and oxygen atoms in total. The van der Waals surface area contributed by atoms with Crippen molar-refractivity contribution < 1.29 is 35.5 Å². The Labute approximate surface area is 246 Å². The number of phenolic OH excluding ortho intramolecular Hbond substituents is 1. The molecule has 0 spiro atoms. The molecule has 1 unspecified atom stereocenters. The molecule has 0 saturated carbocycles. The van der Waals surface area contributed by atoms with E-state index >= 15 is 0 Å². The molecule has 0 aromatic heterocycles. The summed E-state index contributed by atoms with van der Waals surface area (Å²) < 4.78 is 61.7. The number of carbonyl (C=O) groups excluding carboxylic acids is 1. The maximum absolute atomic E-state index is 12.6. The molecule has 0 bridgehead atoms. The van der Waals surface area contributed by atoms with Gasteiger partial charge in [-0.05, 0) is 67.1 Å². The third-order valence-corrected chi connectivity index (χ3v) is 11.2. The first-order chi connectivity index (χ1) is 19.2.